The molecule has 0 spiro atoms. The van der Waals surface area contributed by atoms with E-state index < -0.39 is 24.3 Å². The molecular formula is C20H16N2O3S. The number of thiazole rings is 1. The third kappa shape index (κ3) is 3.95. The number of carbonyl (C=O) groups excluding carboxylic acids is 2. The molecule has 0 N–H and O–H groups in total. The number of benzene rings is 2. The molecule has 0 aliphatic rings. The molecule has 1 aromatic heterocycles. The highest BCUT2D eigenvalue weighted by atomic mass is 32.1. The van der Waals surface area contributed by atoms with Gasteiger partial charge in [-0.1, -0.05) is 42.5 Å². The summed E-state index contributed by atoms with van der Waals surface area (Å²) < 4.78 is 5.11. The quantitative estimate of drug-likeness (QED) is 0.625. The summed E-state index contributed by atoms with van der Waals surface area (Å²) in [5.41, 5.74) is 1.60. The maximum atomic E-state index is 12.2. The van der Waals surface area contributed by atoms with E-state index in [9.17, 15) is 14.9 Å². The highest BCUT2D eigenvalue weighted by Gasteiger charge is 2.24. The van der Waals surface area contributed by atoms with Crippen LogP contribution in [0.25, 0.3) is 10.8 Å². The highest BCUT2D eigenvalue weighted by Crippen LogP contribution is 2.21. The van der Waals surface area contributed by atoms with Gasteiger partial charge < -0.3 is 4.74 Å². The van der Waals surface area contributed by atoms with Gasteiger partial charge in [0.1, 0.15) is 5.01 Å². The van der Waals surface area contributed by atoms with Crippen LogP contribution < -0.4 is 0 Å². The van der Waals surface area contributed by atoms with Crippen LogP contribution in [0.4, 0.5) is 0 Å². The van der Waals surface area contributed by atoms with Crippen molar-refractivity contribution >= 4 is 33.9 Å². The Hall–Kier alpha value is -3.04. The van der Waals surface area contributed by atoms with E-state index in [4.69, 9.17) is 4.74 Å². The number of ketones is 1. The van der Waals surface area contributed by atoms with Crippen molar-refractivity contribution < 1.29 is 14.3 Å². The molecule has 0 aliphatic heterocycles. The number of ether oxygens (including phenoxy) is 1. The third-order valence-electron chi connectivity index (χ3n) is 3.92. The van der Waals surface area contributed by atoms with Crippen LogP contribution in [-0.4, -0.2) is 23.3 Å². The molecule has 26 heavy (non-hydrogen) atoms. The zero-order valence-electron chi connectivity index (χ0n) is 14.1. The van der Waals surface area contributed by atoms with E-state index in [0.717, 1.165) is 22.0 Å². The summed E-state index contributed by atoms with van der Waals surface area (Å²) in [6, 6.07) is 15.4. The number of hydrogen-bond donors (Lipinski definition) is 0. The fraction of sp³-hybridized carbons (Fsp3) is 0.200. The lowest BCUT2D eigenvalue weighted by Gasteiger charge is -2.08. The smallest absolute Gasteiger partial charge is 0.310 e. The molecule has 0 bridgehead atoms. The zero-order valence-corrected chi connectivity index (χ0v) is 15.0. The van der Waals surface area contributed by atoms with E-state index >= 15 is 0 Å². The minimum absolute atomic E-state index is 0.0716. The Bertz CT molecular complexity index is 998. The lowest BCUT2D eigenvalue weighted by Crippen LogP contribution is -2.20. The van der Waals surface area contributed by atoms with E-state index in [1.807, 2.05) is 48.5 Å². The number of hydrogen-bond acceptors (Lipinski definition) is 6. The molecule has 6 heteroatoms. The van der Waals surface area contributed by atoms with Crippen molar-refractivity contribution in [1.82, 2.24) is 4.98 Å². The van der Waals surface area contributed by atoms with Gasteiger partial charge in [-0.2, -0.15) is 5.26 Å². The van der Waals surface area contributed by atoms with Gasteiger partial charge in [0, 0.05) is 11.1 Å². The number of nitriles is 1. The lowest BCUT2D eigenvalue weighted by molar-refractivity contribution is -0.147. The molecule has 0 amide bonds. The molecule has 0 unspecified atom stereocenters. The van der Waals surface area contributed by atoms with Gasteiger partial charge >= 0.3 is 5.97 Å². The molecule has 0 saturated heterocycles. The number of Topliss-reactive ketones (excluding diaryl/α,β-unsaturated/α-hetero) is 1. The molecule has 0 fully saturated rings. The van der Waals surface area contributed by atoms with Crippen LogP contribution in [0.1, 0.15) is 22.2 Å². The summed E-state index contributed by atoms with van der Waals surface area (Å²) in [6.45, 7) is 1.36. The summed E-state index contributed by atoms with van der Waals surface area (Å²) >= 11 is 1.25. The summed E-state index contributed by atoms with van der Waals surface area (Å²) in [5.74, 6) is -1.96. The summed E-state index contributed by atoms with van der Waals surface area (Å²) in [4.78, 5) is 28.5. The van der Waals surface area contributed by atoms with Gasteiger partial charge in [-0.25, -0.2) is 4.98 Å². The first kappa shape index (κ1) is 17.8. The number of carbonyl (C=O) groups is 2. The topological polar surface area (TPSA) is 80.0 Å². The van der Waals surface area contributed by atoms with Gasteiger partial charge in [0.05, 0.1) is 12.5 Å². The maximum Gasteiger partial charge on any atom is 0.310 e. The number of aryl methyl sites for hydroxylation is 1. The van der Waals surface area contributed by atoms with Crippen molar-refractivity contribution in [3.63, 3.8) is 0 Å². The van der Waals surface area contributed by atoms with Crippen LogP contribution >= 0.6 is 11.3 Å². The number of fused-ring (bicyclic) bond motifs is 1. The summed E-state index contributed by atoms with van der Waals surface area (Å²) in [5, 5.41) is 13.5. The van der Waals surface area contributed by atoms with E-state index in [-0.39, 0.29) is 6.42 Å². The first-order valence-corrected chi connectivity index (χ1v) is 8.93. The molecule has 1 heterocycles. The molecule has 3 aromatic rings. The first-order chi connectivity index (χ1) is 12.6. The van der Waals surface area contributed by atoms with E-state index in [1.165, 1.54) is 11.3 Å². The van der Waals surface area contributed by atoms with Gasteiger partial charge in [-0.05, 0) is 23.3 Å². The minimum atomic E-state index is -1.00. The fourth-order valence-corrected chi connectivity index (χ4v) is 3.52. The lowest BCUT2D eigenvalue weighted by atomic mass is 10.0. The average molecular weight is 364 g/mol. The Labute approximate surface area is 154 Å². The normalized spacial score (nSPS) is 11.7. The largest absolute Gasteiger partial charge is 0.457 e. The number of esters is 1. The fourth-order valence-electron chi connectivity index (χ4n) is 2.66. The molecular weight excluding hydrogens is 348 g/mol. The number of aromatic nitrogens is 1. The summed E-state index contributed by atoms with van der Waals surface area (Å²) in [6.07, 6.45) is 0.0716. The van der Waals surface area contributed by atoms with Crippen LogP contribution in [0.5, 0.6) is 0 Å². The van der Waals surface area contributed by atoms with Crippen LogP contribution in [0, 0.1) is 18.3 Å². The van der Waals surface area contributed by atoms with Crippen LogP contribution in [0.3, 0.4) is 0 Å². The molecule has 1 atom stereocenters. The SMILES string of the molecule is Cc1csc([C@@H](C#N)C(=O)COC(=O)Cc2cccc3ccccc23)n1. The van der Waals surface area contributed by atoms with Crippen LogP contribution in [0.15, 0.2) is 47.8 Å². The molecule has 0 aliphatic carbocycles. The molecule has 0 radical (unpaired) electrons. The molecule has 3 rings (SSSR count). The number of rotatable bonds is 6. The van der Waals surface area contributed by atoms with Crippen molar-refractivity contribution in [2.24, 2.45) is 0 Å². The average Bonchev–Trinajstić information content (AvgIpc) is 3.07. The van der Waals surface area contributed by atoms with Gasteiger partial charge in [0.25, 0.3) is 0 Å². The second-order valence-electron chi connectivity index (χ2n) is 5.83. The highest BCUT2D eigenvalue weighted by molar-refractivity contribution is 7.09. The Morgan fingerprint density at radius 1 is 1.23 bits per heavy atom. The van der Waals surface area contributed by atoms with Gasteiger partial charge in [0.15, 0.2) is 18.3 Å². The Balaban J connectivity index is 1.63. The van der Waals surface area contributed by atoms with Crippen molar-refractivity contribution in [2.75, 3.05) is 6.61 Å². The predicted molar refractivity (Wildman–Crippen MR) is 98.8 cm³/mol. The van der Waals surface area contributed by atoms with E-state index in [0.29, 0.717) is 5.01 Å². The molecule has 2 aromatic carbocycles. The first-order valence-electron chi connectivity index (χ1n) is 8.05. The van der Waals surface area contributed by atoms with E-state index in [1.54, 1.807) is 12.3 Å². The zero-order chi connectivity index (χ0) is 18.5. The second-order valence-corrected chi connectivity index (χ2v) is 6.72. The Morgan fingerprint density at radius 2 is 2.00 bits per heavy atom. The van der Waals surface area contributed by atoms with Crippen molar-refractivity contribution in [1.29, 1.82) is 5.26 Å². The van der Waals surface area contributed by atoms with Crippen LogP contribution in [-0.2, 0) is 20.7 Å². The van der Waals surface area contributed by atoms with E-state index in [2.05, 4.69) is 4.98 Å². The van der Waals surface area contributed by atoms with Crippen LogP contribution in [0.2, 0.25) is 0 Å². The van der Waals surface area contributed by atoms with Gasteiger partial charge in [-0.15, -0.1) is 11.3 Å². The monoisotopic (exact) mass is 364 g/mol. The van der Waals surface area contributed by atoms with Gasteiger partial charge in [0.2, 0.25) is 0 Å². The minimum Gasteiger partial charge on any atom is -0.457 e. The molecule has 5 nitrogen and oxygen atoms in total. The third-order valence-corrected chi connectivity index (χ3v) is 4.95. The molecule has 130 valence electrons. The van der Waals surface area contributed by atoms with Gasteiger partial charge in [-0.3, -0.25) is 9.59 Å². The second kappa shape index (κ2) is 7.89. The van der Waals surface area contributed by atoms with Crippen molar-refractivity contribution in [3.8, 4) is 6.07 Å². The molecule has 0 saturated carbocycles. The standard InChI is InChI=1S/C20H16N2O3S/c1-13-12-26-20(22-13)17(10-21)18(23)11-25-19(24)9-15-7-4-6-14-5-2-3-8-16(14)15/h2-8,12,17H,9,11H2,1H3/t17-/m0/s1. The van der Waals surface area contributed by atoms with Crippen molar-refractivity contribution in [3.05, 3.63) is 64.1 Å². The number of nitrogens with zero attached hydrogens (tertiary/aromatic N) is 2. The Kier molecular flexibility index (Phi) is 5.40. The summed E-state index contributed by atoms with van der Waals surface area (Å²) in [7, 11) is 0. The predicted octanol–water partition coefficient (Wildman–Crippen LogP) is 3.57. The van der Waals surface area contributed by atoms with Crippen molar-refractivity contribution in [2.45, 2.75) is 19.3 Å². The maximum absolute atomic E-state index is 12.2. The Morgan fingerprint density at radius 3 is 2.73 bits per heavy atom.